The molecule has 0 aliphatic heterocycles. The van der Waals surface area contributed by atoms with Crippen molar-refractivity contribution in [2.45, 2.75) is 0 Å². The summed E-state index contributed by atoms with van der Waals surface area (Å²) in [5, 5.41) is 38.2. The zero-order valence-electron chi connectivity index (χ0n) is 16.4. The van der Waals surface area contributed by atoms with Gasteiger partial charge in [0.15, 0.2) is 0 Å². The summed E-state index contributed by atoms with van der Waals surface area (Å²) in [6, 6.07) is 9.78. The number of hydrogen-bond acceptors (Lipinski definition) is 12. The molecule has 0 aromatic heterocycles. The molecule has 2 rings (SSSR count). The van der Waals surface area contributed by atoms with Crippen molar-refractivity contribution >= 4 is 23.9 Å². The van der Waals surface area contributed by atoms with E-state index in [0.717, 1.165) is 24.3 Å². The Labute approximate surface area is 221 Å². The van der Waals surface area contributed by atoms with Crippen LogP contribution in [-0.2, 0) is 9.68 Å². The molecule has 16 heteroatoms. The molecule has 0 spiro atoms. The summed E-state index contributed by atoms with van der Waals surface area (Å²) >= 11 is 0. The van der Waals surface area contributed by atoms with Crippen LogP contribution < -0.4 is 69.3 Å². The van der Waals surface area contributed by atoms with Crippen molar-refractivity contribution in [3.63, 3.8) is 0 Å². The number of carbonyl (C=O) groups is 4. The molecule has 14 nitrogen and oxygen atoms in total. The Morgan fingerprint density at radius 3 is 1.06 bits per heavy atom. The summed E-state index contributed by atoms with van der Waals surface area (Å²) in [5.41, 5.74) is -1.75. The number of carboxylic acids is 2. The molecule has 0 aliphatic rings. The standard InChI is InChI=1S/2C8H5NO6.2Na/c2*10-7(11)5-3-1-2-4-6(5)8(12)15-9(13)14;;/h2*1-4H,(H,10,11);;/q;;2*+1/p-2. The number of benzene rings is 2. The summed E-state index contributed by atoms with van der Waals surface area (Å²) in [6.45, 7) is 0. The molecule has 0 N–H and O–H groups in total. The topological polar surface area (TPSA) is 219 Å². The van der Waals surface area contributed by atoms with Crippen molar-refractivity contribution in [1.29, 1.82) is 0 Å². The average Bonchev–Trinajstić information content (AvgIpc) is 2.67. The molecule has 0 atom stereocenters. The molecule has 32 heavy (non-hydrogen) atoms. The van der Waals surface area contributed by atoms with Crippen molar-refractivity contribution in [1.82, 2.24) is 0 Å². The third-order valence-electron chi connectivity index (χ3n) is 3.05. The molecule has 0 unspecified atom stereocenters. The molecule has 0 saturated heterocycles. The summed E-state index contributed by atoms with van der Waals surface area (Å²) in [4.78, 5) is 70.1. The summed E-state index contributed by atoms with van der Waals surface area (Å²) in [5.74, 6) is -5.91. The zero-order valence-corrected chi connectivity index (χ0v) is 20.4. The average molecular weight is 466 g/mol. The van der Waals surface area contributed by atoms with Crippen LogP contribution in [0.2, 0.25) is 0 Å². The Balaban J connectivity index is 0. The Morgan fingerprint density at radius 2 is 0.844 bits per heavy atom. The third kappa shape index (κ3) is 9.95. The summed E-state index contributed by atoms with van der Waals surface area (Å²) in [7, 11) is 0. The molecule has 0 saturated carbocycles. The Kier molecular flexibility index (Phi) is 14.7. The van der Waals surface area contributed by atoms with Gasteiger partial charge in [-0.2, -0.15) is 0 Å². The first-order valence-corrected chi connectivity index (χ1v) is 7.38. The van der Waals surface area contributed by atoms with Crippen molar-refractivity contribution in [2.75, 3.05) is 0 Å². The van der Waals surface area contributed by atoms with E-state index in [1.54, 1.807) is 0 Å². The van der Waals surface area contributed by atoms with Crippen molar-refractivity contribution in [3.05, 3.63) is 91.0 Å². The van der Waals surface area contributed by atoms with Gasteiger partial charge in [0.2, 0.25) is 0 Å². The monoisotopic (exact) mass is 466 g/mol. The molecule has 0 amide bonds. The van der Waals surface area contributed by atoms with Gasteiger partial charge in [-0.1, -0.05) is 36.4 Å². The Morgan fingerprint density at radius 1 is 0.594 bits per heavy atom. The second kappa shape index (κ2) is 15.0. The SMILES string of the molecule is O=C([O-])c1ccccc1C(=O)O[N+](=O)[O-].O=C([O-])c1ccccc1C(=O)O[N+](=O)[O-].[Na+].[Na+]. The normalized spacial score (nSPS) is 8.75. The number of nitrogens with zero attached hydrogens (tertiary/aromatic N) is 2. The van der Waals surface area contributed by atoms with E-state index in [0.29, 0.717) is 0 Å². The molecule has 0 radical (unpaired) electrons. The number of rotatable bonds is 6. The minimum absolute atomic E-state index is 0. The van der Waals surface area contributed by atoms with E-state index in [2.05, 4.69) is 9.68 Å². The molecular weight excluding hydrogens is 458 g/mol. The predicted octanol–water partition coefficient (Wildman–Crippen LogP) is -7.19. The third-order valence-corrected chi connectivity index (χ3v) is 3.05. The molecule has 0 aliphatic carbocycles. The van der Waals surface area contributed by atoms with Gasteiger partial charge in [-0.25, -0.2) is 9.68 Å². The molecular formula is C16H8N2Na2O12. The first kappa shape index (κ1) is 31.3. The summed E-state index contributed by atoms with van der Waals surface area (Å²) in [6.07, 6.45) is 0. The van der Waals surface area contributed by atoms with Gasteiger partial charge in [0.1, 0.15) is 0 Å². The van der Waals surface area contributed by atoms with Crippen LogP contribution in [0.25, 0.3) is 0 Å². The summed E-state index contributed by atoms with van der Waals surface area (Å²) < 4.78 is 0. The molecule has 0 heterocycles. The van der Waals surface area contributed by atoms with Crippen LogP contribution in [0, 0.1) is 20.2 Å². The number of aromatic carboxylic acids is 2. The van der Waals surface area contributed by atoms with Gasteiger partial charge in [-0.15, -0.1) is 20.2 Å². The van der Waals surface area contributed by atoms with Gasteiger partial charge in [-0.05, 0) is 12.1 Å². The van der Waals surface area contributed by atoms with Crippen molar-refractivity contribution in [3.8, 4) is 0 Å². The Bertz CT molecular complexity index is 946. The van der Waals surface area contributed by atoms with Crippen LogP contribution in [0.15, 0.2) is 48.5 Å². The minimum atomic E-state index is -1.61. The minimum Gasteiger partial charge on any atom is -0.545 e. The van der Waals surface area contributed by atoms with Gasteiger partial charge in [0.25, 0.3) is 0 Å². The molecule has 156 valence electrons. The van der Waals surface area contributed by atoms with Gasteiger partial charge in [0, 0.05) is 11.1 Å². The van der Waals surface area contributed by atoms with Gasteiger partial charge < -0.3 is 19.8 Å². The first-order valence-electron chi connectivity index (χ1n) is 7.38. The number of carbonyl (C=O) groups excluding carboxylic acids is 4. The van der Waals surface area contributed by atoms with E-state index < -0.39 is 56.3 Å². The molecule has 2 aromatic carbocycles. The molecule has 2 aromatic rings. The van der Waals surface area contributed by atoms with Crippen LogP contribution in [0.3, 0.4) is 0 Å². The maximum absolute atomic E-state index is 11.0. The van der Waals surface area contributed by atoms with Crippen molar-refractivity contribution < 1.29 is 108 Å². The smallest absolute Gasteiger partial charge is 0.545 e. The van der Waals surface area contributed by atoms with Gasteiger partial charge in [0.05, 0.1) is 23.1 Å². The van der Waals surface area contributed by atoms with Crippen LogP contribution in [0.4, 0.5) is 0 Å². The second-order valence-corrected chi connectivity index (χ2v) is 4.87. The van der Waals surface area contributed by atoms with Crippen LogP contribution in [0.1, 0.15) is 41.4 Å². The second-order valence-electron chi connectivity index (χ2n) is 4.87. The van der Waals surface area contributed by atoms with E-state index in [1.165, 1.54) is 24.3 Å². The maximum atomic E-state index is 11.0. The maximum Gasteiger partial charge on any atom is 1.00 e. The van der Waals surface area contributed by atoms with E-state index in [1.807, 2.05) is 0 Å². The van der Waals surface area contributed by atoms with Crippen LogP contribution in [0.5, 0.6) is 0 Å². The fourth-order valence-electron chi connectivity index (χ4n) is 1.91. The molecule has 0 bridgehead atoms. The fourth-order valence-corrected chi connectivity index (χ4v) is 1.91. The van der Waals surface area contributed by atoms with Gasteiger partial charge >= 0.3 is 81.2 Å². The fraction of sp³-hybridized carbons (Fsp3) is 0. The van der Waals surface area contributed by atoms with E-state index >= 15 is 0 Å². The van der Waals surface area contributed by atoms with E-state index in [4.69, 9.17) is 0 Å². The van der Waals surface area contributed by atoms with E-state index in [-0.39, 0.29) is 59.1 Å². The number of hydrogen-bond donors (Lipinski definition) is 0. The van der Waals surface area contributed by atoms with Crippen LogP contribution >= 0.6 is 0 Å². The first-order chi connectivity index (χ1) is 14.0. The van der Waals surface area contributed by atoms with Gasteiger partial charge in [-0.3, -0.25) is 9.59 Å². The zero-order chi connectivity index (χ0) is 22.8. The quantitative estimate of drug-likeness (QED) is 0.220. The largest absolute Gasteiger partial charge is 1.00 e. The van der Waals surface area contributed by atoms with Crippen molar-refractivity contribution in [2.24, 2.45) is 0 Å². The molecule has 0 fully saturated rings. The van der Waals surface area contributed by atoms with E-state index in [9.17, 15) is 49.6 Å². The van der Waals surface area contributed by atoms with Crippen LogP contribution in [-0.4, -0.2) is 34.1 Å². The Hall–Kier alpha value is -2.88. The predicted molar refractivity (Wildman–Crippen MR) is 86.4 cm³/mol. The number of carboxylic acid groups (broad SMARTS) is 2.